The lowest BCUT2D eigenvalue weighted by molar-refractivity contribution is -0.384. The van der Waals surface area contributed by atoms with Gasteiger partial charge in [0.15, 0.2) is 36.5 Å². The monoisotopic (exact) mass is 953 g/mol. The number of fused-ring (bicyclic) bond motifs is 3. The van der Waals surface area contributed by atoms with Crippen LogP contribution in [-0.2, 0) is 40.3 Å². The lowest BCUT2D eigenvalue weighted by atomic mass is 9.70. The van der Waals surface area contributed by atoms with Gasteiger partial charge in [-0.05, 0) is 42.5 Å². The minimum Gasteiger partial charge on any atom is -0.408 e. The molecule has 0 bridgehead atoms. The highest BCUT2D eigenvalue weighted by molar-refractivity contribution is 7.48. The average Bonchev–Trinajstić information content (AvgIpc) is 4.05. The van der Waals surface area contributed by atoms with Crippen molar-refractivity contribution in [1.29, 1.82) is 0 Å². The van der Waals surface area contributed by atoms with Crippen molar-refractivity contribution in [3.05, 3.63) is 98.2 Å². The van der Waals surface area contributed by atoms with E-state index in [2.05, 4.69) is 24.8 Å². The molecule has 8 rings (SSSR count). The number of aryl methyl sites for hydroxylation is 2. The number of phosphoric ester groups is 1. The van der Waals surface area contributed by atoms with Gasteiger partial charge < -0.3 is 33.4 Å². The van der Waals surface area contributed by atoms with Crippen molar-refractivity contribution in [3.63, 3.8) is 0 Å². The molecule has 0 amide bonds. The number of hydrogen-bond donors (Lipinski definition) is 2. The van der Waals surface area contributed by atoms with Crippen LogP contribution in [-0.4, -0.2) is 118 Å². The fourth-order valence-corrected chi connectivity index (χ4v) is 10.9. The number of nitrogens with zero attached hydrogens (tertiary/aromatic N) is 11. The van der Waals surface area contributed by atoms with Crippen LogP contribution in [0.4, 0.5) is 5.69 Å². The zero-order valence-corrected chi connectivity index (χ0v) is 38.9. The number of phosphoric acid groups is 1. The molecule has 1 aliphatic heterocycles. The van der Waals surface area contributed by atoms with Crippen molar-refractivity contribution in [3.8, 4) is 0 Å². The van der Waals surface area contributed by atoms with E-state index in [0.717, 1.165) is 5.56 Å². The Labute approximate surface area is 377 Å². The largest absolute Gasteiger partial charge is 0.475 e. The molecule has 2 aliphatic rings. The number of non-ortho nitro benzene ring substituents is 1. The molecule has 1 saturated carbocycles. The maximum Gasteiger partial charge on any atom is 0.475 e. The molecule has 2 fully saturated rings. The van der Waals surface area contributed by atoms with E-state index in [1.807, 2.05) is 38.4 Å². The van der Waals surface area contributed by atoms with Crippen LogP contribution in [0.3, 0.4) is 0 Å². The first kappa shape index (κ1) is 46.5. The molecular weight excluding hydrogens is 905 g/mol. The lowest BCUT2D eigenvalue weighted by Gasteiger charge is -2.44. The van der Waals surface area contributed by atoms with Crippen molar-refractivity contribution in [2.45, 2.75) is 88.9 Å². The number of aliphatic hydroxyl groups excluding tert-OH is 2. The van der Waals surface area contributed by atoms with Crippen LogP contribution in [0, 0.1) is 28.5 Å². The Morgan fingerprint density at radius 2 is 1.77 bits per heavy atom. The summed E-state index contributed by atoms with van der Waals surface area (Å²) in [7, 11) is -7.34. The predicted molar refractivity (Wildman–Crippen MR) is 237 cm³/mol. The molecule has 1 aromatic carbocycles. The average molecular weight is 954 g/mol. The SMILES string of the molecule is [C-]#[N+]CCOP(=O)(OC[C@H]1C[C@@H](n2cnc3c(Cl)ncnc32)[C@@H]1CO)O[C@H]1C(n2cnc3c(=O)n4ccn(CCc5ccc([N+](=O)[O-])cc5)c4nc32)O[C@H](CO)[C@H]1O[Si](C)(C)C(C)(C)C. The molecule has 6 heterocycles. The summed E-state index contributed by atoms with van der Waals surface area (Å²) >= 11 is 6.25. The molecule has 0 radical (unpaired) electrons. The summed E-state index contributed by atoms with van der Waals surface area (Å²) in [6.07, 6.45) is 3.83. The van der Waals surface area contributed by atoms with E-state index in [9.17, 15) is 29.7 Å². The highest BCUT2D eigenvalue weighted by Gasteiger charge is 2.55. The molecule has 1 aliphatic carbocycles. The zero-order chi connectivity index (χ0) is 46.4. The minimum atomic E-state index is -4.64. The van der Waals surface area contributed by atoms with Gasteiger partial charge in [-0.3, -0.25) is 33.0 Å². The summed E-state index contributed by atoms with van der Waals surface area (Å²) in [6.45, 7) is 16.5. The van der Waals surface area contributed by atoms with Crippen LogP contribution in [0.25, 0.3) is 33.0 Å². The molecule has 6 aromatic rings. The van der Waals surface area contributed by atoms with Gasteiger partial charge in [0.05, 0.1) is 30.8 Å². The number of aromatic nitrogens is 9. The Morgan fingerprint density at radius 1 is 1.03 bits per heavy atom. The number of halogens is 1. The molecule has 0 spiro atoms. The van der Waals surface area contributed by atoms with Crippen molar-refractivity contribution >= 4 is 61.5 Å². The Kier molecular flexibility index (Phi) is 13.1. The molecule has 346 valence electrons. The van der Waals surface area contributed by atoms with Gasteiger partial charge in [0, 0.05) is 49.6 Å². The van der Waals surface area contributed by atoms with Crippen LogP contribution in [0.2, 0.25) is 23.3 Å². The van der Waals surface area contributed by atoms with Crippen LogP contribution in [0.1, 0.15) is 45.0 Å². The van der Waals surface area contributed by atoms with Gasteiger partial charge in [-0.15, -0.1) is 0 Å². The van der Waals surface area contributed by atoms with E-state index in [1.54, 1.807) is 35.4 Å². The summed E-state index contributed by atoms with van der Waals surface area (Å²) in [5.74, 6) is -0.432. The van der Waals surface area contributed by atoms with Gasteiger partial charge in [-0.2, -0.15) is 4.98 Å². The van der Waals surface area contributed by atoms with Crippen LogP contribution in [0.15, 0.2) is 60.4 Å². The third kappa shape index (κ3) is 9.00. The van der Waals surface area contributed by atoms with Gasteiger partial charge >= 0.3 is 7.82 Å². The Hall–Kier alpha value is -4.99. The Balaban J connectivity index is 1.12. The first-order chi connectivity index (χ1) is 31.0. The molecule has 5 aromatic heterocycles. The van der Waals surface area contributed by atoms with Crippen molar-refractivity contribution in [2.75, 3.05) is 33.0 Å². The summed E-state index contributed by atoms with van der Waals surface area (Å²) in [5, 5.41) is 32.4. The third-order valence-electron chi connectivity index (χ3n) is 12.7. The smallest absolute Gasteiger partial charge is 0.408 e. The fraction of sp³-hybridized carbons (Fsp3) is 0.525. The summed E-state index contributed by atoms with van der Waals surface area (Å²) in [6, 6.07) is 5.97. The van der Waals surface area contributed by atoms with E-state index in [4.69, 9.17) is 45.9 Å². The second kappa shape index (κ2) is 18.4. The zero-order valence-electron chi connectivity index (χ0n) is 36.2. The van der Waals surface area contributed by atoms with E-state index < -0.39 is 57.8 Å². The van der Waals surface area contributed by atoms with Gasteiger partial charge in [0.25, 0.3) is 11.2 Å². The molecule has 22 nitrogen and oxygen atoms in total. The van der Waals surface area contributed by atoms with Crippen molar-refractivity contribution in [2.24, 2.45) is 11.8 Å². The highest BCUT2D eigenvalue weighted by atomic mass is 35.5. The predicted octanol–water partition coefficient (Wildman–Crippen LogP) is 5.39. The Bertz CT molecular complexity index is 2860. The quantitative estimate of drug-likeness (QED) is 0.0208. The van der Waals surface area contributed by atoms with E-state index >= 15 is 0 Å². The second-order valence-electron chi connectivity index (χ2n) is 17.6. The van der Waals surface area contributed by atoms with Crippen molar-refractivity contribution in [1.82, 2.24) is 43.0 Å². The number of aliphatic hydroxyl groups is 2. The van der Waals surface area contributed by atoms with Gasteiger partial charge in [0.1, 0.15) is 36.8 Å². The highest BCUT2D eigenvalue weighted by Crippen LogP contribution is 2.57. The maximum absolute atomic E-state index is 15.0. The first-order valence-electron chi connectivity index (χ1n) is 20.9. The first-order valence-corrected chi connectivity index (χ1v) is 25.7. The van der Waals surface area contributed by atoms with Gasteiger partial charge in [-0.25, -0.2) is 35.5 Å². The molecule has 65 heavy (non-hydrogen) atoms. The van der Waals surface area contributed by atoms with E-state index in [-0.39, 0.29) is 77.1 Å². The van der Waals surface area contributed by atoms with Crippen molar-refractivity contribution < 1.29 is 42.4 Å². The van der Waals surface area contributed by atoms with Crippen LogP contribution < -0.4 is 5.56 Å². The number of nitro groups is 1. The molecule has 25 heteroatoms. The number of benzene rings is 1. The summed E-state index contributed by atoms with van der Waals surface area (Å²) in [4.78, 5) is 50.0. The molecule has 2 unspecified atom stereocenters. The minimum absolute atomic E-state index is 0.00555. The third-order valence-corrected chi connectivity index (χ3v) is 18.9. The number of nitro benzene ring substituents is 1. The number of imidazole rings is 3. The molecular formula is C40H49ClN11O11PSi. The standard InChI is InChI=1S/C40H49ClN11O11PSi/c1-40(2,3)65(5,6)63-32-29(19-54)61-38(51-23-46-31-36(51)47-39-48(14-15-49(39)37(31)55)13-11-24-7-9-26(10-8-24)52(56)57)33(32)62-64(58,59-16-12-42-4)60-20-25-17-28(27(25)18-53)50-22-45-30-34(41)43-21-44-35(30)50/h7-10,14-15,21-23,25,27-29,32-33,38,53-54H,11-13,16-20H2,1-3,5-6H3/t25-,27-,28-,29-,32-,33-,38?,64?/m1/s1. The molecule has 8 atom stereocenters. The maximum atomic E-state index is 15.0. The van der Waals surface area contributed by atoms with Crippen LogP contribution in [0.5, 0.6) is 0 Å². The number of ether oxygens (including phenoxy) is 1. The van der Waals surface area contributed by atoms with E-state index in [0.29, 0.717) is 30.6 Å². The topological polar surface area (TPSA) is 252 Å². The lowest BCUT2D eigenvalue weighted by Crippen LogP contribution is -2.50. The van der Waals surface area contributed by atoms with Crippen LogP contribution >= 0.6 is 19.4 Å². The van der Waals surface area contributed by atoms with Gasteiger partial charge in [-0.1, -0.05) is 44.5 Å². The number of rotatable bonds is 18. The van der Waals surface area contributed by atoms with Gasteiger partial charge in [0.2, 0.25) is 12.3 Å². The summed E-state index contributed by atoms with van der Waals surface area (Å²) < 4.78 is 53.2. The Morgan fingerprint density at radius 3 is 2.46 bits per heavy atom. The fourth-order valence-electron chi connectivity index (χ4n) is 8.02. The molecule has 1 saturated heterocycles. The number of hydrogen-bond acceptors (Lipinski definition) is 16. The summed E-state index contributed by atoms with van der Waals surface area (Å²) in [5.41, 5.74) is 1.35. The van der Waals surface area contributed by atoms with E-state index in [1.165, 1.54) is 33.8 Å². The second-order valence-corrected chi connectivity index (χ2v) is 24.3. The molecule has 2 N–H and O–H groups in total. The normalized spacial score (nSPS) is 23.5.